The van der Waals surface area contributed by atoms with E-state index in [-0.39, 0.29) is 5.78 Å². The van der Waals surface area contributed by atoms with E-state index in [4.69, 9.17) is 0 Å². The first-order chi connectivity index (χ1) is 7.16. The Balaban J connectivity index is 2.36. The van der Waals surface area contributed by atoms with Crippen molar-refractivity contribution in [3.63, 3.8) is 0 Å². The molecule has 0 radical (unpaired) electrons. The van der Waals surface area contributed by atoms with Crippen molar-refractivity contribution in [3.8, 4) is 0 Å². The molecule has 0 fully saturated rings. The topological polar surface area (TPSA) is 47.8 Å². The van der Waals surface area contributed by atoms with Crippen molar-refractivity contribution in [1.82, 2.24) is 14.5 Å². The van der Waals surface area contributed by atoms with Gasteiger partial charge in [-0.05, 0) is 19.1 Å². The van der Waals surface area contributed by atoms with E-state index in [0.29, 0.717) is 11.4 Å². The van der Waals surface area contributed by atoms with Gasteiger partial charge in [-0.2, -0.15) is 0 Å². The molecule has 0 N–H and O–H groups in total. The van der Waals surface area contributed by atoms with Gasteiger partial charge < -0.3 is 4.57 Å². The van der Waals surface area contributed by atoms with Crippen molar-refractivity contribution in [2.75, 3.05) is 0 Å². The molecule has 4 heteroatoms. The molecule has 0 spiro atoms. The van der Waals surface area contributed by atoms with Gasteiger partial charge in [-0.1, -0.05) is 6.07 Å². The van der Waals surface area contributed by atoms with E-state index in [1.54, 1.807) is 23.2 Å². The summed E-state index contributed by atoms with van der Waals surface area (Å²) in [6.07, 6.45) is 3.29. The van der Waals surface area contributed by atoms with Crippen LogP contribution in [0.4, 0.5) is 0 Å². The highest BCUT2D eigenvalue weighted by atomic mass is 16.1. The highest BCUT2D eigenvalue weighted by Gasteiger charge is 2.12. The summed E-state index contributed by atoms with van der Waals surface area (Å²) >= 11 is 0. The van der Waals surface area contributed by atoms with Crippen LogP contribution < -0.4 is 0 Å². The predicted molar refractivity (Wildman–Crippen MR) is 55.6 cm³/mol. The molecule has 2 rings (SSSR count). The van der Waals surface area contributed by atoms with E-state index >= 15 is 0 Å². The highest BCUT2D eigenvalue weighted by Crippen LogP contribution is 2.05. The van der Waals surface area contributed by atoms with Gasteiger partial charge in [0.1, 0.15) is 11.4 Å². The third kappa shape index (κ3) is 1.93. The molecule has 2 heterocycles. The predicted octanol–water partition coefficient (Wildman–Crippen LogP) is 1.35. The summed E-state index contributed by atoms with van der Waals surface area (Å²) in [5.41, 5.74) is 1.70. The summed E-state index contributed by atoms with van der Waals surface area (Å²) in [6.45, 7) is 1.86. The molecule has 0 aromatic carbocycles. The number of carbonyl (C=O) groups excluding carboxylic acids is 1. The van der Waals surface area contributed by atoms with E-state index in [1.165, 1.54) is 0 Å². The molecule has 0 saturated carbocycles. The van der Waals surface area contributed by atoms with Crippen LogP contribution in [-0.4, -0.2) is 20.3 Å². The first kappa shape index (κ1) is 9.58. The lowest BCUT2D eigenvalue weighted by atomic mass is 10.2. The van der Waals surface area contributed by atoms with Gasteiger partial charge >= 0.3 is 0 Å². The van der Waals surface area contributed by atoms with E-state index in [9.17, 15) is 4.79 Å². The summed E-state index contributed by atoms with van der Waals surface area (Å²) in [6, 6.07) is 5.37. The molecule has 0 aliphatic carbocycles. The van der Waals surface area contributed by atoms with Crippen molar-refractivity contribution < 1.29 is 4.79 Å². The van der Waals surface area contributed by atoms with Crippen LogP contribution in [0.25, 0.3) is 0 Å². The molecule has 0 saturated heterocycles. The van der Waals surface area contributed by atoms with Crippen LogP contribution in [0.15, 0.2) is 30.7 Å². The molecule has 15 heavy (non-hydrogen) atoms. The zero-order valence-electron chi connectivity index (χ0n) is 8.64. The fourth-order valence-corrected chi connectivity index (χ4v) is 1.33. The molecule has 2 aromatic heterocycles. The number of rotatable bonds is 2. The summed E-state index contributed by atoms with van der Waals surface area (Å²) in [4.78, 5) is 20.0. The average molecular weight is 201 g/mol. The summed E-state index contributed by atoms with van der Waals surface area (Å²) in [5, 5.41) is 0. The number of hydrogen-bond acceptors (Lipinski definition) is 3. The molecule has 0 aliphatic heterocycles. The average Bonchev–Trinajstić information content (AvgIpc) is 2.64. The van der Waals surface area contributed by atoms with Crippen molar-refractivity contribution in [2.24, 2.45) is 7.05 Å². The van der Waals surface area contributed by atoms with Crippen LogP contribution in [0, 0.1) is 6.92 Å². The molecular weight excluding hydrogens is 190 g/mol. The van der Waals surface area contributed by atoms with Crippen molar-refractivity contribution in [2.45, 2.75) is 6.92 Å². The normalized spacial score (nSPS) is 10.3. The second-order valence-electron chi connectivity index (χ2n) is 3.42. The third-order valence-electron chi connectivity index (χ3n) is 2.06. The first-order valence-electron chi connectivity index (χ1n) is 4.63. The molecule has 0 unspecified atom stereocenters. The molecular formula is C11H11N3O. The SMILES string of the molecule is Cc1cccc(C(=O)c2cn(C)cn2)n1. The Bertz CT molecular complexity index is 502. The summed E-state index contributed by atoms with van der Waals surface area (Å²) in [5.74, 6) is -0.140. The zero-order chi connectivity index (χ0) is 10.8. The van der Waals surface area contributed by atoms with Gasteiger partial charge in [0, 0.05) is 18.9 Å². The second kappa shape index (κ2) is 3.65. The van der Waals surface area contributed by atoms with Gasteiger partial charge in [0.2, 0.25) is 5.78 Å². The number of carbonyl (C=O) groups is 1. The summed E-state index contributed by atoms with van der Waals surface area (Å²) < 4.78 is 1.74. The molecule has 0 amide bonds. The van der Waals surface area contributed by atoms with Crippen molar-refractivity contribution in [1.29, 1.82) is 0 Å². The number of nitrogens with zero attached hydrogens (tertiary/aromatic N) is 3. The Hall–Kier alpha value is -1.97. The Kier molecular flexibility index (Phi) is 2.33. The third-order valence-corrected chi connectivity index (χ3v) is 2.06. The zero-order valence-corrected chi connectivity index (χ0v) is 8.64. The monoisotopic (exact) mass is 201 g/mol. The number of aryl methyl sites for hydroxylation is 2. The van der Waals surface area contributed by atoms with Gasteiger partial charge in [-0.25, -0.2) is 9.97 Å². The Morgan fingerprint density at radius 3 is 2.73 bits per heavy atom. The molecule has 76 valence electrons. The molecule has 0 bridgehead atoms. The lowest BCUT2D eigenvalue weighted by Crippen LogP contribution is -2.05. The van der Waals surface area contributed by atoms with Crippen LogP contribution >= 0.6 is 0 Å². The Morgan fingerprint density at radius 2 is 2.13 bits per heavy atom. The first-order valence-corrected chi connectivity index (χ1v) is 4.63. The highest BCUT2D eigenvalue weighted by molar-refractivity contribution is 6.06. The lowest BCUT2D eigenvalue weighted by molar-refractivity contribution is 0.103. The molecule has 0 aliphatic rings. The van der Waals surface area contributed by atoms with Crippen LogP contribution in [0.5, 0.6) is 0 Å². The van der Waals surface area contributed by atoms with E-state index in [0.717, 1.165) is 5.69 Å². The summed E-state index contributed by atoms with van der Waals surface area (Å²) in [7, 11) is 1.83. The number of pyridine rings is 1. The largest absolute Gasteiger partial charge is 0.340 e. The van der Waals surface area contributed by atoms with Gasteiger partial charge in [-0.3, -0.25) is 4.79 Å². The maximum atomic E-state index is 11.9. The minimum absolute atomic E-state index is 0.140. The van der Waals surface area contributed by atoms with Crippen molar-refractivity contribution in [3.05, 3.63) is 47.8 Å². The minimum atomic E-state index is -0.140. The van der Waals surface area contributed by atoms with Crippen LogP contribution in [0.3, 0.4) is 0 Å². The standard InChI is InChI=1S/C11H11N3O/c1-8-4-3-5-9(13-8)11(15)10-6-14(2)7-12-10/h3-7H,1-2H3. The van der Waals surface area contributed by atoms with Gasteiger partial charge in [0.25, 0.3) is 0 Å². The quantitative estimate of drug-likeness (QED) is 0.689. The van der Waals surface area contributed by atoms with Gasteiger partial charge in [0.05, 0.1) is 6.33 Å². The Morgan fingerprint density at radius 1 is 1.33 bits per heavy atom. The van der Waals surface area contributed by atoms with E-state index < -0.39 is 0 Å². The molecule has 0 atom stereocenters. The smallest absolute Gasteiger partial charge is 0.231 e. The lowest BCUT2D eigenvalue weighted by Gasteiger charge is -1.97. The maximum Gasteiger partial charge on any atom is 0.231 e. The number of hydrogen-bond donors (Lipinski definition) is 0. The second-order valence-corrected chi connectivity index (χ2v) is 3.42. The van der Waals surface area contributed by atoms with Crippen LogP contribution in [-0.2, 0) is 7.05 Å². The van der Waals surface area contributed by atoms with E-state index in [1.807, 2.05) is 26.1 Å². The maximum absolute atomic E-state index is 11.9. The fraction of sp³-hybridized carbons (Fsp3) is 0.182. The molecule has 4 nitrogen and oxygen atoms in total. The number of imidazole rings is 1. The molecule has 2 aromatic rings. The van der Waals surface area contributed by atoms with Gasteiger partial charge in [-0.15, -0.1) is 0 Å². The minimum Gasteiger partial charge on any atom is -0.340 e. The Labute approximate surface area is 87.6 Å². The fourth-order valence-electron chi connectivity index (χ4n) is 1.33. The number of aromatic nitrogens is 3. The van der Waals surface area contributed by atoms with Crippen molar-refractivity contribution >= 4 is 5.78 Å². The van der Waals surface area contributed by atoms with Crippen LogP contribution in [0.2, 0.25) is 0 Å². The van der Waals surface area contributed by atoms with Crippen LogP contribution in [0.1, 0.15) is 21.9 Å². The van der Waals surface area contributed by atoms with E-state index in [2.05, 4.69) is 9.97 Å². The number of ketones is 1. The van der Waals surface area contributed by atoms with Gasteiger partial charge in [0.15, 0.2) is 0 Å².